The molecule has 0 saturated heterocycles. The van der Waals surface area contributed by atoms with Crippen LogP contribution < -0.4 is 14.8 Å². The molecule has 22 heavy (non-hydrogen) atoms. The van der Waals surface area contributed by atoms with Crippen LogP contribution >= 0.6 is 15.9 Å². The Morgan fingerprint density at radius 1 is 1.14 bits per heavy atom. The van der Waals surface area contributed by atoms with Gasteiger partial charge in [0.2, 0.25) is 0 Å². The van der Waals surface area contributed by atoms with Crippen LogP contribution in [0, 0.1) is 0 Å². The van der Waals surface area contributed by atoms with Crippen LogP contribution in [-0.4, -0.2) is 37.7 Å². The number of benzene rings is 1. The molecule has 2 N–H and O–H groups in total. The first-order valence-electron chi connectivity index (χ1n) is 6.91. The molecule has 1 rings (SSSR count). The quantitative estimate of drug-likeness (QED) is 0.650. The number of halogens is 1. The topological polar surface area (TPSA) is 84.9 Å². The van der Waals surface area contributed by atoms with Crippen LogP contribution in [-0.2, 0) is 4.79 Å². The van der Waals surface area contributed by atoms with Gasteiger partial charge in [0.15, 0.2) is 0 Å². The lowest BCUT2D eigenvalue weighted by atomic mass is 10.1. The molecule has 122 valence electrons. The molecule has 1 amide bonds. The average Bonchev–Trinajstić information content (AvgIpc) is 2.50. The first-order chi connectivity index (χ1) is 10.5. The molecule has 0 unspecified atom stereocenters. The van der Waals surface area contributed by atoms with Crippen molar-refractivity contribution in [2.24, 2.45) is 0 Å². The van der Waals surface area contributed by atoms with E-state index in [1.54, 1.807) is 12.1 Å². The van der Waals surface area contributed by atoms with E-state index < -0.39 is 5.97 Å². The minimum atomic E-state index is -0.793. The lowest BCUT2D eigenvalue weighted by molar-refractivity contribution is -0.137. The molecule has 0 aliphatic carbocycles. The monoisotopic (exact) mass is 373 g/mol. The molecular weight excluding hydrogens is 354 g/mol. The van der Waals surface area contributed by atoms with Crippen LogP contribution in [0.15, 0.2) is 16.6 Å². The van der Waals surface area contributed by atoms with Gasteiger partial charge in [0, 0.05) is 18.5 Å². The van der Waals surface area contributed by atoms with Crippen molar-refractivity contribution >= 4 is 27.8 Å². The number of hydrogen-bond donors (Lipinski definition) is 2. The first kappa shape index (κ1) is 18.3. The van der Waals surface area contributed by atoms with Crippen LogP contribution in [0.1, 0.15) is 36.0 Å². The number of unbranched alkanes of at least 4 members (excludes halogenated alkanes) is 2. The van der Waals surface area contributed by atoms with Crippen molar-refractivity contribution in [3.8, 4) is 11.5 Å². The van der Waals surface area contributed by atoms with Crippen molar-refractivity contribution in [3.05, 3.63) is 22.2 Å². The Kier molecular flexibility index (Phi) is 7.73. The van der Waals surface area contributed by atoms with E-state index in [0.717, 1.165) is 12.8 Å². The molecule has 0 spiro atoms. The van der Waals surface area contributed by atoms with Crippen LogP contribution in [0.5, 0.6) is 11.5 Å². The average molecular weight is 374 g/mol. The summed E-state index contributed by atoms with van der Waals surface area (Å²) in [6.07, 6.45) is 2.28. The first-order valence-corrected chi connectivity index (χ1v) is 7.70. The second kappa shape index (κ2) is 9.30. The number of aliphatic carboxylic acids is 1. The number of rotatable bonds is 9. The maximum Gasteiger partial charge on any atom is 0.303 e. The third-order valence-electron chi connectivity index (χ3n) is 3.06. The molecule has 0 radical (unpaired) electrons. The summed E-state index contributed by atoms with van der Waals surface area (Å²) in [5.41, 5.74) is 0.447. The molecule has 0 aliphatic rings. The van der Waals surface area contributed by atoms with Gasteiger partial charge < -0.3 is 19.9 Å². The minimum absolute atomic E-state index is 0.162. The van der Waals surface area contributed by atoms with Crippen molar-refractivity contribution in [2.45, 2.75) is 25.7 Å². The fourth-order valence-corrected chi connectivity index (χ4v) is 2.44. The van der Waals surface area contributed by atoms with Gasteiger partial charge >= 0.3 is 5.97 Å². The molecular formula is C15H20BrNO5. The second-order valence-electron chi connectivity index (χ2n) is 4.66. The Balaban J connectivity index is 2.53. The van der Waals surface area contributed by atoms with Crippen molar-refractivity contribution in [1.82, 2.24) is 5.32 Å². The number of carboxylic acid groups (broad SMARTS) is 1. The van der Waals surface area contributed by atoms with Gasteiger partial charge in [-0.2, -0.15) is 0 Å². The van der Waals surface area contributed by atoms with Crippen molar-refractivity contribution in [2.75, 3.05) is 20.8 Å². The lowest BCUT2D eigenvalue weighted by Crippen LogP contribution is -2.24. The molecule has 0 atom stereocenters. The number of carbonyl (C=O) groups is 2. The normalized spacial score (nSPS) is 10.1. The van der Waals surface area contributed by atoms with E-state index in [0.29, 0.717) is 34.5 Å². The van der Waals surface area contributed by atoms with Crippen molar-refractivity contribution in [3.63, 3.8) is 0 Å². The summed E-state index contributed by atoms with van der Waals surface area (Å²) in [5, 5.41) is 11.3. The van der Waals surface area contributed by atoms with Gasteiger partial charge in [0.25, 0.3) is 5.91 Å². The Morgan fingerprint density at radius 3 is 2.23 bits per heavy atom. The van der Waals surface area contributed by atoms with Gasteiger partial charge in [-0.3, -0.25) is 9.59 Å². The highest BCUT2D eigenvalue weighted by Crippen LogP contribution is 2.35. The zero-order valence-electron chi connectivity index (χ0n) is 12.6. The number of methoxy groups -OCH3 is 2. The molecule has 7 heteroatoms. The molecule has 0 fully saturated rings. The van der Waals surface area contributed by atoms with E-state index in [4.69, 9.17) is 14.6 Å². The minimum Gasteiger partial charge on any atom is -0.495 e. The number of nitrogens with one attached hydrogen (secondary N) is 1. The molecule has 0 aliphatic heterocycles. The maximum atomic E-state index is 12.1. The standard InChI is InChI=1S/C15H20BrNO5/c1-21-11-8-10(9-12(22-2)14(11)16)15(20)17-7-5-3-4-6-13(18)19/h8-9H,3-7H2,1-2H3,(H,17,20)(H,18,19). The second-order valence-corrected chi connectivity index (χ2v) is 5.45. The van der Waals surface area contributed by atoms with Crippen LogP contribution in [0.2, 0.25) is 0 Å². The smallest absolute Gasteiger partial charge is 0.303 e. The van der Waals surface area contributed by atoms with E-state index in [-0.39, 0.29) is 12.3 Å². The highest BCUT2D eigenvalue weighted by molar-refractivity contribution is 9.10. The zero-order chi connectivity index (χ0) is 16.5. The van der Waals surface area contributed by atoms with Crippen molar-refractivity contribution in [1.29, 1.82) is 0 Å². The Hall–Kier alpha value is -1.76. The van der Waals surface area contributed by atoms with Crippen LogP contribution in [0.3, 0.4) is 0 Å². The van der Waals surface area contributed by atoms with Gasteiger partial charge in [-0.15, -0.1) is 0 Å². The molecule has 6 nitrogen and oxygen atoms in total. The number of hydrogen-bond acceptors (Lipinski definition) is 4. The lowest BCUT2D eigenvalue weighted by Gasteiger charge is -2.11. The fraction of sp³-hybridized carbons (Fsp3) is 0.467. The molecule has 1 aromatic rings. The predicted octanol–water partition coefficient (Wildman–Crippen LogP) is 2.84. The van der Waals surface area contributed by atoms with E-state index in [1.165, 1.54) is 14.2 Å². The fourth-order valence-electron chi connectivity index (χ4n) is 1.88. The van der Waals surface area contributed by atoms with Crippen LogP contribution in [0.25, 0.3) is 0 Å². The Bertz CT molecular complexity index is 508. The molecule has 0 bridgehead atoms. The number of carboxylic acids is 1. The summed E-state index contributed by atoms with van der Waals surface area (Å²) in [5.74, 6) is 0.0253. The summed E-state index contributed by atoms with van der Waals surface area (Å²) < 4.78 is 11.0. The van der Waals surface area contributed by atoms with Crippen molar-refractivity contribution < 1.29 is 24.2 Å². The third kappa shape index (κ3) is 5.55. The molecule has 1 aromatic carbocycles. The van der Waals surface area contributed by atoms with Gasteiger partial charge in [-0.25, -0.2) is 0 Å². The van der Waals surface area contributed by atoms with E-state index in [2.05, 4.69) is 21.2 Å². The van der Waals surface area contributed by atoms with Gasteiger partial charge in [0.1, 0.15) is 16.0 Å². The molecule has 0 aromatic heterocycles. The molecule has 0 saturated carbocycles. The zero-order valence-corrected chi connectivity index (χ0v) is 14.2. The Labute approximate surface area is 137 Å². The predicted molar refractivity (Wildman–Crippen MR) is 85.7 cm³/mol. The summed E-state index contributed by atoms with van der Waals surface area (Å²) in [4.78, 5) is 22.5. The SMILES string of the molecule is COc1cc(C(=O)NCCCCCC(=O)O)cc(OC)c1Br. The largest absolute Gasteiger partial charge is 0.495 e. The maximum absolute atomic E-state index is 12.1. The highest BCUT2D eigenvalue weighted by atomic mass is 79.9. The number of ether oxygens (including phenoxy) is 2. The van der Waals surface area contributed by atoms with Gasteiger partial charge in [0.05, 0.1) is 14.2 Å². The summed E-state index contributed by atoms with van der Waals surface area (Å²) in [6, 6.07) is 3.26. The molecule has 0 heterocycles. The van der Waals surface area contributed by atoms with Gasteiger partial charge in [-0.1, -0.05) is 6.42 Å². The Morgan fingerprint density at radius 2 is 1.73 bits per heavy atom. The van der Waals surface area contributed by atoms with E-state index >= 15 is 0 Å². The highest BCUT2D eigenvalue weighted by Gasteiger charge is 2.14. The van der Waals surface area contributed by atoms with E-state index in [1.807, 2.05) is 0 Å². The summed E-state index contributed by atoms with van der Waals surface area (Å²) in [7, 11) is 3.04. The number of carbonyl (C=O) groups excluding carboxylic acids is 1. The summed E-state index contributed by atoms with van der Waals surface area (Å²) in [6.45, 7) is 0.499. The van der Waals surface area contributed by atoms with Gasteiger partial charge in [-0.05, 0) is 40.9 Å². The van der Waals surface area contributed by atoms with E-state index in [9.17, 15) is 9.59 Å². The summed E-state index contributed by atoms with van der Waals surface area (Å²) >= 11 is 3.35. The van der Waals surface area contributed by atoms with Crippen LogP contribution in [0.4, 0.5) is 0 Å². The third-order valence-corrected chi connectivity index (χ3v) is 3.84. The number of amides is 1.